The average molecular weight is 405 g/mol. The highest BCUT2D eigenvalue weighted by molar-refractivity contribution is 7.94. The van der Waals surface area contributed by atoms with Gasteiger partial charge in [-0.25, -0.2) is 5.26 Å². The molecule has 0 spiro atoms. The molecule has 7 heteroatoms. The van der Waals surface area contributed by atoms with Crippen LogP contribution in [-0.2, 0) is 19.6 Å². The third kappa shape index (κ3) is 4.07. The van der Waals surface area contributed by atoms with E-state index < -0.39 is 5.97 Å². The number of aliphatic carboxylic acids is 1. The molecule has 28 heavy (non-hydrogen) atoms. The lowest BCUT2D eigenvalue weighted by atomic mass is 9.80. The number of carbonyl (C=O) groups is 1. The molecule has 0 atom stereocenters. The number of benzene rings is 2. The Labute approximate surface area is 168 Å². The van der Waals surface area contributed by atoms with Gasteiger partial charge in [-0.3, -0.25) is 4.79 Å². The fraction of sp³-hybridized carbons (Fsp3) is 0.429. The summed E-state index contributed by atoms with van der Waals surface area (Å²) in [5.41, 5.74) is 3.76. The Morgan fingerprint density at radius 3 is 2.68 bits per heavy atom. The molecule has 6 nitrogen and oxygen atoms in total. The van der Waals surface area contributed by atoms with Gasteiger partial charge >= 0.3 is 5.97 Å². The number of hydrogen-bond acceptors (Lipinski definition) is 5. The van der Waals surface area contributed by atoms with Crippen LogP contribution in [0.15, 0.2) is 35.2 Å². The molecular formula is C21H26NO5S+. The molecule has 0 fully saturated rings. The maximum absolute atomic E-state index is 10.7. The molecule has 1 aliphatic heterocycles. The van der Waals surface area contributed by atoms with Gasteiger partial charge in [-0.05, 0) is 55.7 Å². The highest BCUT2D eigenvalue weighted by Crippen LogP contribution is 2.44. The largest absolute Gasteiger partial charge is 0.481 e. The lowest BCUT2D eigenvalue weighted by molar-refractivity contribution is -0.439. The summed E-state index contributed by atoms with van der Waals surface area (Å²) in [6.07, 6.45) is 2.83. The lowest BCUT2D eigenvalue weighted by Crippen LogP contribution is -2.26. The molecule has 0 aliphatic carbocycles. The molecule has 0 saturated heterocycles. The average Bonchev–Trinajstić information content (AvgIpc) is 2.86. The highest BCUT2D eigenvalue weighted by Gasteiger charge is 2.43. The standard InChI is InChI=1S/C21H25NO5S/c1-14-21(2,3)20-17-10-9-16(28-27-26-25)13-15(17)8-11-18(20)22(14)12-6-4-5-7-19(23)24/h8-11,13H,4-7,12H2,1-3H3,(H-,23,24,25)/p+1. The van der Waals surface area contributed by atoms with Crippen molar-refractivity contribution in [2.45, 2.75) is 56.8 Å². The maximum atomic E-state index is 10.7. The van der Waals surface area contributed by atoms with Crippen LogP contribution in [0.2, 0.25) is 0 Å². The predicted molar refractivity (Wildman–Crippen MR) is 109 cm³/mol. The molecule has 1 aliphatic rings. The van der Waals surface area contributed by atoms with Crippen molar-refractivity contribution in [3.8, 4) is 0 Å². The summed E-state index contributed by atoms with van der Waals surface area (Å²) < 4.78 is 6.91. The van der Waals surface area contributed by atoms with Crippen LogP contribution in [0.1, 0.15) is 52.0 Å². The molecule has 0 saturated carbocycles. The monoisotopic (exact) mass is 404 g/mol. The Kier molecular flexibility index (Phi) is 6.40. The van der Waals surface area contributed by atoms with E-state index in [0.29, 0.717) is 0 Å². The second kappa shape index (κ2) is 8.61. The zero-order valence-corrected chi connectivity index (χ0v) is 17.2. The van der Waals surface area contributed by atoms with E-state index in [1.807, 2.05) is 12.1 Å². The second-order valence-corrected chi connectivity index (χ2v) is 8.41. The summed E-state index contributed by atoms with van der Waals surface area (Å²) in [5, 5.41) is 23.1. The minimum Gasteiger partial charge on any atom is -0.481 e. The minimum absolute atomic E-state index is 0.0880. The van der Waals surface area contributed by atoms with Gasteiger partial charge in [0.15, 0.2) is 5.71 Å². The first-order valence-electron chi connectivity index (χ1n) is 9.41. The molecule has 0 unspecified atom stereocenters. The minimum atomic E-state index is -0.727. The van der Waals surface area contributed by atoms with Crippen molar-refractivity contribution in [1.82, 2.24) is 0 Å². The molecule has 0 radical (unpaired) electrons. The smallest absolute Gasteiger partial charge is 0.303 e. The third-order valence-electron chi connectivity index (χ3n) is 5.63. The lowest BCUT2D eigenvalue weighted by Gasteiger charge is -2.17. The fourth-order valence-corrected chi connectivity index (χ4v) is 4.40. The topological polar surface area (TPSA) is 79.0 Å². The fourth-order valence-electron chi connectivity index (χ4n) is 3.99. The zero-order chi connectivity index (χ0) is 20.3. The number of rotatable bonds is 9. The van der Waals surface area contributed by atoms with Crippen LogP contribution in [0.3, 0.4) is 0 Å². The van der Waals surface area contributed by atoms with Gasteiger partial charge in [0.05, 0.1) is 17.5 Å². The Morgan fingerprint density at radius 2 is 1.96 bits per heavy atom. The van der Waals surface area contributed by atoms with E-state index in [1.165, 1.54) is 22.3 Å². The normalized spacial score (nSPS) is 15.3. The molecular weight excluding hydrogens is 378 g/mol. The van der Waals surface area contributed by atoms with Crippen molar-refractivity contribution in [3.63, 3.8) is 0 Å². The first-order chi connectivity index (χ1) is 13.4. The Morgan fingerprint density at radius 1 is 1.18 bits per heavy atom. The van der Waals surface area contributed by atoms with Crippen LogP contribution >= 0.6 is 12.0 Å². The van der Waals surface area contributed by atoms with Crippen LogP contribution in [0.5, 0.6) is 0 Å². The second-order valence-electron chi connectivity index (χ2n) is 7.63. The van der Waals surface area contributed by atoms with E-state index in [4.69, 9.17) is 10.4 Å². The quantitative estimate of drug-likeness (QED) is 0.194. The predicted octanol–water partition coefficient (Wildman–Crippen LogP) is 5.31. The van der Waals surface area contributed by atoms with Gasteiger partial charge in [-0.1, -0.05) is 11.1 Å². The van der Waals surface area contributed by atoms with E-state index in [0.717, 1.165) is 48.1 Å². The SMILES string of the molecule is CC1=[N+](CCCCCC(=O)O)c2ccc3cc(SOOO)ccc3c2C1(C)C. The van der Waals surface area contributed by atoms with Crippen LogP contribution in [0.4, 0.5) is 5.69 Å². The van der Waals surface area contributed by atoms with Gasteiger partial charge in [-0.15, -0.1) is 4.33 Å². The van der Waals surface area contributed by atoms with Gasteiger partial charge in [-0.2, -0.15) is 4.58 Å². The summed E-state index contributed by atoms with van der Waals surface area (Å²) in [6.45, 7) is 7.57. The van der Waals surface area contributed by atoms with E-state index >= 15 is 0 Å². The van der Waals surface area contributed by atoms with Crippen molar-refractivity contribution >= 4 is 40.2 Å². The van der Waals surface area contributed by atoms with Crippen LogP contribution in [-0.4, -0.2) is 33.2 Å². The van der Waals surface area contributed by atoms with Crippen LogP contribution in [0.25, 0.3) is 10.8 Å². The van der Waals surface area contributed by atoms with E-state index in [2.05, 4.69) is 52.9 Å². The molecule has 1 heterocycles. The molecule has 2 aromatic carbocycles. The van der Waals surface area contributed by atoms with Crippen LogP contribution in [0, 0.1) is 0 Å². The first kappa shape index (κ1) is 20.8. The molecule has 2 N–H and O–H groups in total. The zero-order valence-electron chi connectivity index (χ0n) is 16.4. The number of hydrogen-bond donors (Lipinski definition) is 2. The molecule has 2 aromatic rings. The number of nitrogens with zero attached hydrogens (tertiary/aromatic N) is 1. The Hall–Kier alpha value is -1.93. The van der Waals surface area contributed by atoms with E-state index in [1.54, 1.807) is 0 Å². The Balaban J connectivity index is 1.87. The van der Waals surface area contributed by atoms with Gasteiger partial charge in [0.1, 0.15) is 6.54 Å². The summed E-state index contributed by atoms with van der Waals surface area (Å²) >= 11 is 0.958. The third-order valence-corrected chi connectivity index (χ3v) is 6.20. The summed E-state index contributed by atoms with van der Waals surface area (Å²) in [7, 11) is 0. The van der Waals surface area contributed by atoms with Gasteiger partial charge < -0.3 is 5.11 Å². The molecule has 3 rings (SSSR count). The van der Waals surface area contributed by atoms with Crippen molar-refractivity contribution < 1.29 is 29.1 Å². The molecule has 0 bridgehead atoms. The molecule has 0 amide bonds. The summed E-state index contributed by atoms with van der Waals surface area (Å²) in [6, 6.07) is 10.3. The number of carboxylic acids is 1. The highest BCUT2D eigenvalue weighted by atomic mass is 32.2. The summed E-state index contributed by atoms with van der Waals surface area (Å²) in [5.74, 6) is -0.727. The first-order valence-corrected chi connectivity index (χ1v) is 10.2. The van der Waals surface area contributed by atoms with Crippen molar-refractivity contribution in [2.75, 3.05) is 6.54 Å². The van der Waals surface area contributed by atoms with E-state index in [9.17, 15) is 4.79 Å². The van der Waals surface area contributed by atoms with Gasteiger partial charge in [0, 0.05) is 36.3 Å². The van der Waals surface area contributed by atoms with Crippen molar-refractivity contribution in [3.05, 3.63) is 35.9 Å². The number of carboxylic acid groups (broad SMARTS) is 1. The van der Waals surface area contributed by atoms with Crippen molar-refractivity contribution in [2.24, 2.45) is 0 Å². The number of fused-ring (bicyclic) bond motifs is 3. The molecule has 150 valence electrons. The maximum Gasteiger partial charge on any atom is 0.303 e. The van der Waals surface area contributed by atoms with Gasteiger partial charge in [0.2, 0.25) is 5.69 Å². The molecule has 0 aromatic heterocycles. The van der Waals surface area contributed by atoms with E-state index in [-0.39, 0.29) is 11.8 Å². The summed E-state index contributed by atoms with van der Waals surface area (Å²) in [4.78, 5) is 11.5. The van der Waals surface area contributed by atoms with Crippen LogP contribution < -0.4 is 0 Å². The number of unbranched alkanes of at least 4 members (excludes halogenated alkanes) is 2. The van der Waals surface area contributed by atoms with Crippen molar-refractivity contribution in [1.29, 1.82) is 0 Å². The Bertz CT molecular complexity index is 922. The van der Waals surface area contributed by atoms with Gasteiger partial charge in [0.25, 0.3) is 0 Å².